The summed E-state index contributed by atoms with van der Waals surface area (Å²) in [5, 5.41) is 0. The van der Waals surface area contributed by atoms with Gasteiger partial charge in [-0.3, -0.25) is 9.03 Å². The van der Waals surface area contributed by atoms with Gasteiger partial charge in [-0.1, -0.05) is 12.1 Å². The van der Waals surface area contributed by atoms with Gasteiger partial charge in [0.05, 0.1) is 22.0 Å². The summed E-state index contributed by atoms with van der Waals surface area (Å²) in [5.74, 6) is 0.116. The molecule has 0 saturated carbocycles. The van der Waals surface area contributed by atoms with E-state index < -0.39 is 20.0 Å². The lowest BCUT2D eigenvalue weighted by Crippen LogP contribution is -2.26. The van der Waals surface area contributed by atoms with E-state index in [0.29, 0.717) is 24.3 Å². The van der Waals surface area contributed by atoms with E-state index >= 15 is 0 Å². The molecule has 0 atom stereocenters. The van der Waals surface area contributed by atoms with Gasteiger partial charge < -0.3 is 0 Å². The zero-order valence-electron chi connectivity index (χ0n) is 15.0. The van der Waals surface area contributed by atoms with Crippen LogP contribution < -0.4 is 9.03 Å². The maximum absolute atomic E-state index is 12.7. The molecule has 1 aliphatic rings. The predicted octanol–water partition coefficient (Wildman–Crippen LogP) is 2.95. The topological polar surface area (TPSA) is 83.6 Å². The number of nitrogens with zero attached hydrogens (tertiary/aromatic N) is 1. The average molecular weight is 395 g/mol. The van der Waals surface area contributed by atoms with Crippen molar-refractivity contribution >= 4 is 31.4 Å². The van der Waals surface area contributed by atoms with E-state index in [9.17, 15) is 16.8 Å². The molecule has 0 amide bonds. The normalized spacial score (nSPS) is 16.7. The highest BCUT2D eigenvalue weighted by Gasteiger charge is 2.29. The number of nitrogens with one attached hydrogen (secondary N) is 1. The van der Waals surface area contributed by atoms with Crippen molar-refractivity contribution in [3.05, 3.63) is 53.1 Å². The van der Waals surface area contributed by atoms with Crippen molar-refractivity contribution in [1.29, 1.82) is 0 Å². The second-order valence-electron chi connectivity index (χ2n) is 6.59. The summed E-state index contributed by atoms with van der Waals surface area (Å²) >= 11 is 0. The fourth-order valence-corrected chi connectivity index (χ4v) is 5.70. The third-order valence-corrected chi connectivity index (χ3v) is 7.85. The summed E-state index contributed by atoms with van der Waals surface area (Å²) in [6.45, 7) is 6.00. The Bertz CT molecular complexity index is 1060. The van der Waals surface area contributed by atoms with Crippen molar-refractivity contribution in [2.24, 2.45) is 0 Å². The van der Waals surface area contributed by atoms with Crippen LogP contribution in [0, 0.1) is 20.8 Å². The highest BCUT2D eigenvalue weighted by molar-refractivity contribution is 7.93. The van der Waals surface area contributed by atoms with Gasteiger partial charge in [0.15, 0.2) is 0 Å². The Morgan fingerprint density at radius 2 is 1.65 bits per heavy atom. The molecule has 2 aromatic carbocycles. The molecule has 3 rings (SSSR count). The Balaban J connectivity index is 1.95. The van der Waals surface area contributed by atoms with Gasteiger partial charge in [0.2, 0.25) is 10.0 Å². The van der Waals surface area contributed by atoms with Crippen LogP contribution in [0.15, 0.2) is 41.3 Å². The molecule has 1 N–H and O–H groups in total. The number of hydrogen-bond acceptors (Lipinski definition) is 4. The number of hydrogen-bond donors (Lipinski definition) is 1. The first-order valence-corrected chi connectivity index (χ1v) is 11.4. The highest BCUT2D eigenvalue weighted by atomic mass is 32.2. The van der Waals surface area contributed by atoms with Gasteiger partial charge in [-0.15, -0.1) is 0 Å². The van der Waals surface area contributed by atoms with Gasteiger partial charge >= 0.3 is 0 Å². The standard InChI is InChI=1S/C18H22N2O4S2/c1-13-6-8-17(11-15(13)3)26(23,24)19-16-7-5-14(2)18(12-16)20-9-4-10-25(20,21)22/h5-8,11-12,19H,4,9-10H2,1-3H3. The van der Waals surface area contributed by atoms with Crippen molar-refractivity contribution in [1.82, 2.24) is 0 Å². The quantitative estimate of drug-likeness (QED) is 0.864. The van der Waals surface area contributed by atoms with Crippen molar-refractivity contribution in [2.45, 2.75) is 32.1 Å². The van der Waals surface area contributed by atoms with Crippen LogP contribution in [0.1, 0.15) is 23.1 Å². The second kappa shape index (κ2) is 6.59. The van der Waals surface area contributed by atoms with Gasteiger partial charge in [-0.05, 0) is 68.1 Å². The third kappa shape index (κ3) is 3.57. The van der Waals surface area contributed by atoms with Crippen molar-refractivity contribution in [3.8, 4) is 0 Å². The fraction of sp³-hybridized carbons (Fsp3) is 0.333. The van der Waals surface area contributed by atoms with Crippen LogP contribution in [0.2, 0.25) is 0 Å². The number of aryl methyl sites for hydroxylation is 3. The molecule has 2 aromatic rings. The number of sulfonamides is 2. The van der Waals surface area contributed by atoms with Crippen LogP contribution in [-0.2, 0) is 20.0 Å². The number of anilines is 2. The SMILES string of the molecule is Cc1ccc(S(=O)(=O)Nc2ccc(C)c(N3CCCS3(=O)=O)c2)cc1C. The Hall–Kier alpha value is -2.06. The molecule has 0 aromatic heterocycles. The third-order valence-electron chi connectivity index (χ3n) is 4.62. The van der Waals surface area contributed by atoms with Crippen LogP contribution in [0.4, 0.5) is 11.4 Å². The van der Waals surface area contributed by atoms with Crippen LogP contribution in [-0.4, -0.2) is 29.1 Å². The average Bonchev–Trinajstić information content (AvgIpc) is 2.90. The van der Waals surface area contributed by atoms with Gasteiger partial charge in [0.1, 0.15) is 0 Å². The molecule has 1 fully saturated rings. The Morgan fingerprint density at radius 3 is 2.27 bits per heavy atom. The molecule has 8 heteroatoms. The lowest BCUT2D eigenvalue weighted by molar-refractivity contribution is 0.598. The van der Waals surface area contributed by atoms with Gasteiger partial charge in [-0.2, -0.15) is 0 Å². The van der Waals surface area contributed by atoms with E-state index in [-0.39, 0.29) is 10.6 Å². The van der Waals surface area contributed by atoms with Crippen LogP contribution in [0.25, 0.3) is 0 Å². The molecule has 1 aliphatic heterocycles. The molecular weight excluding hydrogens is 372 g/mol. The summed E-state index contributed by atoms with van der Waals surface area (Å²) < 4.78 is 53.6. The van der Waals surface area contributed by atoms with Crippen LogP contribution in [0.5, 0.6) is 0 Å². The molecule has 1 saturated heterocycles. The summed E-state index contributed by atoms with van der Waals surface area (Å²) in [4.78, 5) is 0.177. The molecule has 0 radical (unpaired) electrons. The number of rotatable bonds is 4. The Kier molecular flexibility index (Phi) is 4.74. The first-order valence-electron chi connectivity index (χ1n) is 8.31. The molecular formula is C18H22N2O4S2. The van der Waals surface area contributed by atoms with E-state index in [1.54, 1.807) is 36.4 Å². The molecule has 0 bridgehead atoms. The molecule has 0 unspecified atom stereocenters. The predicted molar refractivity (Wildman–Crippen MR) is 104 cm³/mol. The molecule has 140 valence electrons. The van der Waals surface area contributed by atoms with E-state index in [4.69, 9.17) is 0 Å². The molecule has 0 spiro atoms. The van der Waals surface area contributed by atoms with E-state index in [0.717, 1.165) is 16.7 Å². The van der Waals surface area contributed by atoms with Crippen molar-refractivity contribution < 1.29 is 16.8 Å². The first kappa shape index (κ1) is 18.7. The maximum Gasteiger partial charge on any atom is 0.261 e. The second-order valence-corrected chi connectivity index (χ2v) is 10.3. The molecule has 26 heavy (non-hydrogen) atoms. The van der Waals surface area contributed by atoms with Crippen molar-refractivity contribution in [3.63, 3.8) is 0 Å². The first-order chi connectivity index (χ1) is 12.1. The molecule has 1 heterocycles. The minimum Gasteiger partial charge on any atom is -0.280 e. The van der Waals surface area contributed by atoms with Crippen LogP contribution in [0.3, 0.4) is 0 Å². The van der Waals surface area contributed by atoms with Crippen LogP contribution >= 0.6 is 0 Å². The minimum atomic E-state index is -3.75. The summed E-state index contributed by atoms with van der Waals surface area (Å²) in [6, 6.07) is 9.89. The smallest absolute Gasteiger partial charge is 0.261 e. The Morgan fingerprint density at radius 1 is 0.962 bits per heavy atom. The maximum atomic E-state index is 12.7. The van der Waals surface area contributed by atoms with E-state index in [1.807, 2.05) is 20.8 Å². The fourth-order valence-electron chi connectivity index (χ4n) is 2.95. The summed E-state index contributed by atoms with van der Waals surface area (Å²) in [7, 11) is -7.08. The molecule has 6 nitrogen and oxygen atoms in total. The van der Waals surface area contributed by atoms with Crippen molar-refractivity contribution in [2.75, 3.05) is 21.3 Å². The monoisotopic (exact) mass is 394 g/mol. The Labute approximate surface area is 155 Å². The largest absolute Gasteiger partial charge is 0.280 e. The zero-order chi connectivity index (χ0) is 19.1. The summed E-state index contributed by atoms with van der Waals surface area (Å²) in [6.07, 6.45) is 0.570. The molecule has 0 aliphatic carbocycles. The van der Waals surface area contributed by atoms with Gasteiger partial charge in [0.25, 0.3) is 10.0 Å². The minimum absolute atomic E-state index is 0.116. The number of benzene rings is 2. The highest BCUT2D eigenvalue weighted by Crippen LogP contribution is 2.31. The zero-order valence-corrected chi connectivity index (χ0v) is 16.6. The van der Waals surface area contributed by atoms with E-state index in [2.05, 4.69) is 4.72 Å². The summed E-state index contributed by atoms with van der Waals surface area (Å²) in [5.41, 5.74) is 3.54. The van der Waals surface area contributed by atoms with Gasteiger partial charge in [0, 0.05) is 6.54 Å². The lowest BCUT2D eigenvalue weighted by Gasteiger charge is -2.20. The van der Waals surface area contributed by atoms with E-state index in [1.165, 1.54) is 4.31 Å². The van der Waals surface area contributed by atoms with Gasteiger partial charge in [-0.25, -0.2) is 16.8 Å². The lowest BCUT2D eigenvalue weighted by atomic mass is 10.1.